The number of nitrogens with one attached hydrogen (secondary N) is 1. The summed E-state index contributed by atoms with van der Waals surface area (Å²) in [6.45, 7) is 4.66. The Labute approximate surface area is 175 Å². The number of hydrogen-bond acceptors (Lipinski definition) is 5. The molecule has 1 aromatic carbocycles. The molecule has 0 radical (unpaired) electrons. The molecule has 1 saturated heterocycles. The lowest BCUT2D eigenvalue weighted by Crippen LogP contribution is -2.26. The molecular formula is C22H25N7O. The standard InChI is InChI=1S/C22H25N7O/c1-15-3-5-17(6-4-15)29-20(13-19(26-29)16-7-9-24-10-8-16)27-11-2-12-28-22(27)18(14-25-28)21(23)30/h2-6,11,13-14,16,24H,7-10,12H2,1H3,(H2,23,30). The van der Waals surface area contributed by atoms with E-state index in [2.05, 4.69) is 47.7 Å². The number of allylic oxidation sites excluding steroid dienone is 1. The molecule has 3 aromatic rings. The number of amides is 1. The maximum absolute atomic E-state index is 12.0. The summed E-state index contributed by atoms with van der Waals surface area (Å²) in [7, 11) is 0. The van der Waals surface area contributed by atoms with Crippen molar-refractivity contribution in [3.8, 4) is 5.69 Å². The Morgan fingerprint density at radius 1 is 1.20 bits per heavy atom. The van der Waals surface area contributed by atoms with Crippen molar-refractivity contribution in [3.63, 3.8) is 0 Å². The summed E-state index contributed by atoms with van der Waals surface area (Å²) >= 11 is 0. The first kappa shape index (κ1) is 18.6. The SMILES string of the molecule is Cc1ccc(-n2nc(C3CCNCC3)cc2N2C=CCn3ncc(C(N)=O)c32)cc1. The van der Waals surface area contributed by atoms with Crippen LogP contribution in [0.5, 0.6) is 0 Å². The van der Waals surface area contributed by atoms with Crippen LogP contribution in [0, 0.1) is 6.92 Å². The van der Waals surface area contributed by atoms with Crippen LogP contribution in [-0.2, 0) is 6.54 Å². The number of aryl methyl sites for hydroxylation is 1. The fourth-order valence-corrected chi connectivity index (χ4v) is 4.20. The predicted octanol–water partition coefficient (Wildman–Crippen LogP) is 2.61. The van der Waals surface area contributed by atoms with Crippen molar-refractivity contribution in [2.75, 3.05) is 18.0 Å². The molecular weight excluding hydrogens is 378 g/mol. The zero-order valence-electron chi connectivity index (χ0n) is 17.0. The van der Waals surface area contributed by atoms with Gasteiger partial charge in [0.05, 0.1) is 24.1 Å². The van der Waals surface area contributed by atoms with Crippen LogP contribution < -0.4 is 16.0 Å². The molecule has 0 aliphatic carbocycles. The van der Waals surface area contributed by atoms with Crippen molar-refractivity contribution in [1.29, 1.82) is 0 Å². The molecule has 8 nitrogen and oxygen atoms in total. The first-order valence-corrected chi connectivity index (χ1v) is 10.3. The number of primary amides is 1. The Morgan fingerprint density at radius 2 is 1.97 bits per heavy atom. The van der Waals surface area contributed by atoms with Gasteiger partial charge in [0.1, 0.15) is 17.2 Å². The molecule has 4 heterocycles. The quantitative estimate of drug-likeness (QED) is 0.698. The smallest absolute Gasteiger partial charge is 0.254 e. The highest BCUT2D eigenvalue weighted by Crippen LogP contribution is 2.36. The maximum Gasteiger partial charge on any atom is 0.254 e. The number of nitrogens with two attached hydrogens (primary N) is 1. The fourth-order valence-electron chi connectivity index (χ4n) is 4.20. The van der Waals surface area contributed by atoms with E-state index in [9.17, 15) is 4.79 Å². The second kappa shape index (κ2) is 7.46. The molecule has 3 N–H and O–H groups in total. The van der Waals surface area contributed by atoms with Crippen LogP contribution >= 0.6 is 0 Å². The van der Waals surface area contributed by atoms with E-state index in [0.717, 1.165) is 43.1 Å². The molecule has 2 aliphatic heterocycles. The number of rotatable bonds is 4. The van der Waals surface area contributed by atoms with E-state index in [1.165, 1.54) is 11.8 Å². The van der Waals surface area contributed by atoms with E-state index < -0.39 is 5.91 Å². The summed E-state index contributed by atoms with van der Waals surface area (Å²) in [6.07, 6.45) is 7.64. The van der Waals surface area contributed by atoms with Crippen molar-refractivity contribution in [1.82, 2.24) is 24.9 Å². The number of nitrogens with zero attached hydrogens (tertiary/aromatic N) is 5. The molecule has 2 aliphatic rings. The number of aromatic nitrogens is 4. The summed E-state index contributed by atoms with van der Waals surface area (Å²) in [5.74, 6) is 1.46. The average Bonchev–Trinajstić information content (AvgIpc) is 3.40. The second-order valence-corrected chi connectivity index (χ2v) is 7.88. The minimum Gasteiger partial charge on any atom is -0.365 e. The Morgan fingerprint density at radius 3 is 2.70 bits per heavy atom. The highest BCUT2D eigenvalue weighted by Gasteiger charge is 2.28. The van der Waals surface area contributed by atoms with E-state index in [1.807, 2.05) is 21.9 Å². The van der Waals surface area contributed by atoms with Gasteiger partial charge >= 0.3 is 0 Å². The van der Waals surface area contributed by atoms with E-state index in [1.54, 1.807) is 4.68 Å². The topological polar surface area (TPSA) is 94.0 Å². The predicted molar refractivity (Wildman–Crippen MR) is 115 cm³/mol. The minimum atomic E-state index is -0.489. The van der Waals surface area contributed by atoms with Gasteiger partial charge in [0.25, 0.3) is 5.91 Å². The van der Waals surface area contributed by atoms with Crippen LogP contribution in [0.4, 0.5) is 11.6 Å². The van der Waals surface area contributed by atoms with Crippen LogP contribution in [0.3, 0.4) is 0 Å². The van der Waals surface area contributed by atoms with E-state index >= 15 is 0 Å². The number of carbonyl (C=O) groups excluding carboxylic acids is 1. The number of anilines is 2. The van der Waals surface area contributed by atoms with Gasteiger partial charge in [-0.25, -0.2) is 9.36 Å². The lowest BCUT2D eigenvalue weighted by molar-refractivity contribution is 0.100. The minimum absolute atomic E-state index is 0.402. The van der Waals surface area contributed by atoms with Crippen molar-refractivity contribution >= 4 is 17.5 Å². The van der Waals surface area contributed by atoms with Gasteiger partial charge in [-0.05, 0) is 51.1 Å². The zero-order chi connectivity index (χ0) is 20.7. The van der Waals surface area contributed by atoms with Crippen molar-refractivity contribution in [3.05, 3.63) is 65.6 Å². The molecule has 0 saturated carbocycles. The first-order valence-electron chi connectivity index (χ1n) is 10.3. The van der Waals surface area contributed by atoms with Gasteiger partial charge in [0.2, 0.25) is 0 Å². The molecule has 0 atom stereocenters. The number of benzene rings is 1. The molecule has 1 amide bonds. The van der Waals surface area contributed by atoms with Crippen LogP contribution in [0.2, 0.25) is 0 Å². The fraction of sp³-hybridized carbons (Fsp3) is 0.318. The molecule has 5 rings (SSSR count). The normalized spacial score (nSPS) is 16.6. The van der Waals surface area contributed by atoms with Crippen LogP contribution in [0.1, 0.15) is 40.4 Å². The number of hydrogen-bond donors (Lipinski definition) is 2. The van der Waals surface area contributed by atoms with Gasteiger partial charge < -0.3 is 11.1 Å². The Hall–Kier alpha value is -3.39. The van der Waals surface area contributed by atoms with Gasteiger partial charge in [0, 0.05) is 18.2 Å². The Kier molecular flexibility index (Phi) is 4.63. The highest BCUT2D eigenvalue weighted by atomic mass is 16.1. The van der Waals surface area contributed by atoms with Crippen molar-refractivity contribution in [2.45, 2.75) is 32.2 Å². The summed E-state index contributed by atoms with van der Waals surface area (Å²) in [4.78, 5) is 14.0. The zero-order valence-corrected chi connectivity index (χ0v) is 17.0. The maximum atomic E-state index is 12.0. The van der Waals surface area contributed by atoms with Gasteiger partial charge in [0.15, 0.2) is 0 Å². The lowest BCUT2D eigenvalue weighted by atomic mass is 9.95. The molecule has 30 heavy (non-hydrogen) atoms. The van der Waals surface area contributed by atoms with E-state index in [4.69, 9.17) is 10.8 Å². The van der Waals surface area contributed by atoms with Crippen LogP contribution in [0.25, 0.3) is 5.69 Å². The third-order valence-corrected chi connectivity index (χ3v) is 5.83. The lowest BCUT2D eigenvalue weighted by Gasteiger charge is -2.25. The highest BCUT2D eigenvalue weighted by molar-refractivity contribution is 5.98. The number of fused-ring (bicyclic) bond motifs is 1. The van der Waals surface area contributed by atoms with Gasteiger partial charge in [-0.2, -0.15) is 10.2 Å². The summed E-state index contributed by atoms with van der Waals surface area (Å²) in [5, 5.41) is 12.8. The average molecular weight is 403 g/mol. The van der Waals surface area contributed by atoms with Gasteiger partial charge in [-0.3, -0.25) is 9.69 Å². The Balaban J connectivity index is 1.65. The molecule has 0 spiro atoms. The molecule has 154 valence electrons. The molecule has 0 bridgehead atoms. The summed E-state index contributed by atoms with van der Waals surface area (Å²) in [6, 6.07) is 10.4. The first-order chi connectivity index (χ1) is 14.6. The van der Waals surface area contributed by atoms with Crippen molar-refractivity contribution < 1.29 is 4.79 Å². The second-order valence-electron chi connectivity index (χ2n) is 7.88. The van der Waals surface area contributed by atoms with Crippen molar-refractivity contribution in [2.24, 2.45) is 5.73 Å². The van der Waals surface area contributed by atoms with E-state index in [0.29, 0.717) is 23.8 Å². The Bertz CT molecular complexity index is 1100. The number of carbonyl (C=O) groups is 1. The number of piperidine rings is 1. The summed E-state index contributed by atoms with van der Waals surface area (Å²) < 4.78 is 3.74. The monoisotopic (exact) mass is 403 g/mol. The molecule has 1 fully saturated rings. The van der Waals surface area contributed by atoms with Crippen LogP contribution in [-0.4, -0.2) is 38.6 Å². The van der Waals surface area contributed by atoms with E-state index in [-0.39, 0.29) is 0 Å². The van der Waals surface area contributed by atoms with Crippen LogP contribution in [0.15, 0.2) is 48.8 Å². The largest absolute Gasteiger partial charge is 0.365 e. The third kappa shape index (κ3) is 3.19. The molecule has 0 unspecified atom stereocenters. The molecule has 8 heteroatoms. The third-order valence-electron chi connectivity index (χ3n) is 5.83. The van der Waals surface area contributed by atoms with Gasteiger partial charge in [-0.1, -0.05) is 17.7 Å². The molecule has 2 aromatic heterocycles. The summed E-state index contributed by atoms with van der Waals surface area (Å²) in [5.41, 5.74) is 9.27. The van der Waals surface area contributed by atoms with Gasteiger partial charge in [-0.15, -0.1) is 0 Å².